The van der Waals surface area contributed by atoms with Gasteiger partial charge in [0.15, 0.2) is 0 Å². The molecule has 1 aliphatic heterocycles. The molecule has 1 unspecified atom stereocenters. The van der Waals surface area contributed by atoms with E-state index in [1.54, 1.807) is 0 Å². The van der Waals surface area contributed by atoms with E-state index in [1.165, 1.54) is 31.2 Å². The van der Waals surface area contributed by atoms with Crippen LogP contribution in [-0.2, 0) is 0 Å². The van der Waals surface area contributed by atoms with Crippen LogP contribution in [0.1, 0.15) is 37.3 Å². The van der Waals surface area contributed by atoms with E-state index < -0.39 is 0 Å². The molecule has 1 aromatic rings. The van der Waals surface area contributed by atoms with E-state index in [2.05, 4.69) is 39.4 Å². The second-order valence-corrected chi connectivity index (χ2v) is 5.92. The van der Waals surface area contributed by atoms with Crippen LogP contribution in [-0.4, -0.2) is 13.2 Å². The highest BCUT2D eigenvalue weighted by Crippen LogP contribution is 2.38. The van der Waals surface area contributed by atoms with Gasteiger partial charge in [-0.3, -0.25) is 0 Å². The van der Waals surface area contributed by atoms with E-state index in [-0.39, 0.29) is 0 Å². The van der Waals surface area contributed by atoms with Crippen molar-refractivity contribution in [3.05, 3.63) is 28.2 Å². The minimum atomic E-state index is 0.474. The minimum absolute atomic E-state index is 0.474. The third kappa shape index (κ3) is 2.66. The number of hydrogen-bond donors (Lipinski definition) is 1. The van der Waals surface area contributed by atoms with Crippen molar-refractivity contribution in [2.75, 3.05) is 13.2 Å². The van der Waals surface area contributed by atoms with Gasteiger partial charge >= 0.3 is 0 Å². The normalized spacial score (nSPS) is 23.9. The molecule has 0 radical (unpaired) electrons. The van der Waals surface area contributed by atoms with Crippen molar-refractivity contribution in [3.63, 3.8) is 0 Å². The summed E-state index contributed by atoms with van der Waals surface area (Å²) >= 11 is 3.61. The number of halogens is 1. The fourth-order valence-electron chi connectivity index (χ4n) is 2.39. The maximum absolute atomic E-state index is 6.02. The Morgan fingerprint density at radius 2 is 2.18 bits per heavy atom. The number of rotatable bonds is 4. The standard InChI is InChI=1S/C14H18BrNO/c15-12-4-1-3-11(13-5-2-8-16-13)14(12)17-9-10-6-7-10/h1,3-4,10,13,16H,2,5-9H2. The number of para-hydroxylation sites is 1. The molecular weight excluding hydrogens is 278 g/mol. The van der Waals surface area contributed by atoms with Gasteiger partial charge in [0.1, 0.15) is 5.75 Å². The molecular formula is C14H18BrNO. The highest BCUT2D eigenvalue weighted by molar-refractivity contribution is 9.10. The molecule has 2 fully saturated rings. The molecule has 1 saturated heterocycles. The summed E-state index contributed by atoms with van der Waals surface area (Å²) in [5.74, 6) is 1.85. The molecule has 0 bridgehead atoms. The lowest BCUT2D eigenvalue weighted by molar-refractivity contribution is 0.292. The summed E-state index contributed by atoms with van der Waals surface area (Å²) in [6, 6.07) is 6.83. The van der Waals surface area contributed by atoms with Gasteiger partial charge < -0.3 is 10.1 Å². The molecule has 1 saturated carbocycles. The summed E-state index contributed by atoms with van der Waals surface area (Å²) in [6.07, 6.45) is 5.15. The highest BCUT2D eigenvalue weighted by Gasteiger charge is 2.25. The van der Waals surface area contributed by atoms with E-state index in [0.717, 1.165) is 29.3 Å². The van der Waals surface area contributed by atoms with E-state index in [1.807, 2.05) is 0 Å². The van der Waals surface area contributed by atoms with Gasteiger partial charge in [0, 0.05) is 11.6 Å². The molecule has 2 nitrogen and oxygen atoms in total. The van der Waals surface area contributed by atoms with Gasteiger partial charge in [0.2, 0.25) is 0 Å². The molecule has 3 heteroatoms. The zero-order chi connectivity index (χ0) is 11.7. The van der Waals surface area contributed by atoms with Crippen LogP contribution in [0.25, 0.3) is 0 Å². The van der Waals surface area contributed by atoms with Gasteiger partial charge in [-0.2, -0.15) is 0 Å². The fourth-order valence-corrected chi connectivity index (χ4v) is 2.88. The molecule has 1 aliphatic carbocycles. The molecule has 0 amide bonds. The first-order valence-electron chi connectivity index (χ1n) is 6.49. The molecule has 0 spiro atoms. The molecule has 0 aromatic heterocycles. The predicted octanol–water partition coefficient (Wildman–Crippen LogP) is 3.66. The second kappa shape index (κ2) is 4.99. The van der Waals surface area contributed by atoms with Crippen molar-refractivity contribution in [2.45, 2.75) is 31.7 Å². The van der Waals surface area contributed by atoms with Crippen molar-refractivity contribution in [2.24, 2.45) is 5.92 Å². The summed E-state index contributed by atoms with van der Waals surface area (Å²) in [4.78, 5) is 0. The lowest BCUT2D eigenvalue weighted by Crippen LogP contribution is -2.14. The number of nitrogens with one attached hydrogen (secondary N) is 1. The Morgan fingerprint density at radius 1 is 1.29 bits per heavy atom. The molecule has 2 aliphatic rings. The fraction of sp³-hybridized carbons (Fsp3) is 0.571. The van der Waals surface area contributed by atoms with Gasteiger partial charge in [0.05, 0.1) is 11.1 Å². The largest absolute Gasteiger partial charge is 0.492 e. The van der Waals surface area contributed by atoms with Gasteiger partial charge in [-0.05, 0) is 60.1 Å². The Morgan fingerprint density at radius 3 is 2.88 bits per heavy atom. The zero-order valence-corrected chi connectivity index (χ0v) is 11.5. The number of benzene rings is 1. The Kier molecular flexibility index (Phi) is 3.39. The smallest absolute Gasteiger partial charge is 0.138 e. The van der Waals surface area contributed by atoms with Gasteiger partial charge in [-0.15, -0.1) is 0 Å². The van der Waals surface area contributed by atoms with Gasteiger partial charge in [0.25, 0.3) is 0 Å². The van der Waals surface area contributed by atoms with Crippen LogP contribution < -0.4 is 10.1 Å². The lowest BCUT2D eigenvalue weighted by Gasteiger charge is -2.17. The second-order valence-electron chi connectivity index (χ2n) is 5.06. The van der Waals surface area contributed by atoms with Crippen LogP contribution in [0.5, 0.6) is 5.75 Å². The van der Waals surface area contributed by atoms with Crippen molar-refractivity contribution >= 4 is 15.9 Å². The summed E-state index contributed by atoms with van der Waals surface area (Å²) in [5.41, 5.74) is 1.32. The van der Waals surface area contributed by atoms with Crippen LogP contribution in [0, 0.1) is 5.92 Å². The average molecular weight is 296 g/mol. The Hall–Kier alpha value is -0.540. The van der Waals surface area contributed by atoms with Gasteiger partial charge in [-0.1, -0.05) is 12.1 Å². The molecule has 1 N–H and O–H groups in total. The summed E-state index contributed by atoms with van der Waals surface area (Å²) in [6.45, 7) is 2.00. The first kappa shape index (κ1) is 11.5. The van der Waals surface area contributed by atoms with E-state index in [0.29, 0.717) is 6.04 Å². The van der Waals surface area contributed by atoms with Crippen molar-refractivity contribution in [3.8, 4) is 5.75 Å². The first-order chi connectivity index (χ1) is 8.34. The molecule has 17 heavy (non-hydrogen) atoms. The maximum Gasteiger partial charge on any atom is 0.138 e. The Bertz CT molecular complexity index is 397. The third-order valence-corrected chi connectivity index (χ3v) is 4.22. The summed E-state index contributed by atoms with van der Waals surface area (Å²) in [5, 5.41) is 3.54. The topological polar surface area (TPSA) is 21.3 Å². The van der Waals surface area contributed by atoms with Gasteiger partial charge in [-0.25, -0.2) is 0 Å². The molecule has 3 rings (SSSR count). The molecule has 1 heterocycles. The third-order valence-electron chi connectivity index (χ3n) is 3.59. The predicted molar refractivity (Wildman–Crippen MR) is 72.3 cm³/mol. The van der Waals surface area contributed by atoms with Crippen LogP contribution >= 0.6 is 15.9 Å². The van der Waals surface area contributed by atoms with Crippen LogP contribution in [0.15, 0.2) is 22.7 Å². The monoisotopic (exact) mass is 295 g/mol. The lowest BCUT2D eigenvalue weighted by atomic mass is 10.0. The minimum Gasteiger partial charge on any atom is -0.492 e. The Labute approximate surface area is 111 Å². The summed E-state index contributed by atoms with van der Waals surface area (Å²) in [7, 11) is 0. The number of ether oxygens (including phenoxy) is 1. The van der Waals surface area contributed by atoms with E-state index in [9.17, 15) is 0 Å². The highest BCUT2D eigenvalue weighted by atomic mass is 79.9. The quantitative estimate of drug-likeness (QED) is 0.915. The number of hydrogen-bond acceptors (Lipinski definition) is 2. The van der Waals surface area contributed by atoms with Crippen LogP contribution in [0.2, 0.25) is 0 Å². The SMILES string of the molecule is Brc1cccc(C2CCCN2)c1OCC1CC1. The van der Waals surface area contributed by atoms with Crippen LogP contribution in [0.3, 0.4) is 0 Å². The molecule has 1 atom stereocenters. The molecule has 92 valence electrons. The maximum atomic E-state index is 6.02. The average Bonchev–Trinajstić information content (AvgIpc) is 3.00. The van der Waals surface area contributed by atoms with E-state index >= 15 is 0 Å². The molecule has 1 aromatic carbocycles. The zero-order valence-electron chi connectivity index (χ0n) is 9.92. The van der Waals surface area contributed by atoms with E-state index in [4.69, 9.17) is 4.74 Å². The Balaban J connectivity index is 1.81. The van der Waals surface area contributed by atoms with Crippen molar-refractivity contribution in [1.82, 2.24) is 5.32 Å². The first-order valence-corrected chi connectivity index (χ1v) is 7.28. The summed E-state index contributed by atoms with van der Waals surface area (Å²) < 4.78 is 7.10. The van der Waals surface area contributed by atoms with Crippen molar-refractivity contribution in [1.29, 1.82) is 0 Å². The van der Waals surface area contributed by atoms with Crippen molar-refractivity contribution < 1.29 is 4.74 Å². The van der Waals surface area contributed by atoms with Crippen LogP contribution in [0.4, 0.5) is 0 Å².